The average molecular weight is 343 g/mol. The van der Waals surface area contributed by atoms with Crippen LogP contribution in [0.5, 0.6) is 5.88 Å². The van der Waals surface area contributed by atoms with E-state index in [1.54, 1.807) is 25.4 Å². The van der Waals surface area contributed by atoms with Gasteiger partial charge >= 0.3 is 6.03 Å². The first-order valence-corrected chi connectivity index (χ1v) is 8.69. The van der Waals surface area contributed by atoms with Crippen LogP contribution in [0.1, 0.15) is 48.7 Å². The van der Waals surface area contributed by atoms with E-state index in [0.29, 0.717) is 11.6 Å². The Hall–Kier alpha value is -2.57. The van der Waals surface area contributed by atoms with Crippen LogP contribution < -0.4 is 10.1 Å². The number of nitrogens with one attached hydrogen (secondary N) is 2. The molecular formula is C18H25N5O2. The minimum atomic E-state index is -0.0983. The van der Waals surface area contributed by atoms with E-state index in [-0.39, 0.29) is 12.1 Å². The molecule has 1 atom stereocenters. The first kappa shape index (κ1) is 17.3. The molecule has 1 fully saturated rings. The summed E-state index contributed by atoms with van der Waals surface area (Å²) < 4.78 is 5.05. The van der Waals surface area contributed by atoms with Crippen molar-refractivity contribution in [3.8, 4) is 5.88 Å². The van der Waals surface area contributed by atoms with Gasteiger partial charge in [0.05, 0.1) is 30.7 Å². The molecule has 0 unspecified atom stereocenters. The zero-order valence-corrected chi connectivity index (χ0v) is 15.0. The summed E-state index contributed by atoms with van der Waals surface area (Å²) in [5, 5.41) is 10.3. The second-order valence-corrected chi connectivity index (χ2v) is 6.43. The highest BCUT2D eigenvalue weighted by Gasteiger charge is 2.30. The van der Waals surface area contributed by atoms with Crippen molar-refractivity contribution in [2.24, 2.45) is 0 Å². The van der Waals surface area contributed by atoms with Gasteiger partial charge in [-0.15, -0.1) is 0 Å². The number of carbonyl (C=O) groups is 1. The molecule has 7 nitrogen and oxygen atoms in total. The summed E-state index contributed by atoms with van der Waals surface area (Å²) in [6, 6.07) is 3.48. The molecule has 0 aromatic carbocycles. The monoisotopic (exact) mass is 343 g/mol. The van der Waals surface area contributed by atoms with Crippen LogP contribution in [0.25, 0.3) is 0 Å². The lowest BCUT2D eigenvalue weighted by atomic mass is 9.99. The molecule has 3 rings (SSSR count). The van der Waals surface area contributed by atoms with E-state index in [4.69, 9.17) is 4.74 Å². The second-order valence-electron chi connectivity index (χ2n) is 6.43. The van der Waals surface area contributed by atoms with Crippen LogP contribution in [0.3, 0.4) is 0 Å². The molecule has 3 heterocycles. The Balaban J connectivity index is 1.81. The number of rotatable bonds is 3. The molecule has 0 bridgehead atoms. The number of nitrogens with zero attached hydrogens (tertiary/aromatic N) is 3. The van der Waals surface area contributed by atoms with Crippen LogP contribution in [0.15, 0.2) is 18.3 Å². The molecule has 0 radical (unpaired) electrons. The number of urea groups is 1. The van der Waals surface area contributed by atoms with Gasteiger partial charge in [0.15, 0.2) is 0 Å². The maximum absolute atomic E-state index is 12.9. The van der Waals surface area contributed by atoms with Crippen molar-refractivity contribution in [2.45, 2.75) is 45.6 Å². The molecule has 1 saturated heterocycles. The Labute approximate surface area is 147 Å². The van der Waals surface area contributed by atoms with Gasteiger partial charge in [-0.05, 0) is 32.8 Å². The summed E-state index contributed by atoms with van der Waals surface area (Å²) in [5.41, 5.74) is 3.81. The SMILES string of the molecule is COc1ccc(NC(=O)N2CCCCC[C@H]2c2c(C)n[nH]c2C)cn1. The van der Waals surface area contributed by atoms with Crippen LogP contribution >= 0.6 is 0 Å². The van der Waals surface area contributed by atoms with Crippen molar-refractivity contribution in [3.63, 3.8) is 0 Å². The fraction of sp³-hybridized carbons (Fsp3) is 0.500. The molecular weight excluding hydrogens is 318 g/mol. The third-order valence-electron chi connectivity index (χ3n) is 4.73. The van der Waals surface area contributed by atoms with Crippen LogP contribution in [-0.2, 0) is 0 Å². The maximum atomic E-state index is 12.9. The highest BCUT2D eigenvalue weighted by atomic mass is 16.5. The van der Waals surface area contributed by atoms with Gasteiger partial charge in [-0.1, -0.05) is 12.8 Å². The number of hydrogen-bond acceptors (Lipinski definition) is 4. The van der Waals surface area contributed by atoms with Gasteiger partial charge in [0.2, 0.25) is 5.88 Å². The summed E-state index contributed by atoms with van der Waals surface area (Å²) in [5.74, 6) is 0.523. The van der Waals surface area contributed by atoms with Gasteiger partial charge in [0, 0.05) is 23.9 Å². The summed E-state index contributed by atoms with van der Waals surface area (Å²) in [6.07, 6.45) is 5.83. The number of methoxy groups -OCH3 is 1. The average Bonchev–Trinajstić information content (AvgIpc) is 2.82. The lowest BCUT2D eigenvalue weighted by Crippen LogP contribution is -2.38. The molecule has 2 aromatic heterocycles. The molecule has 134 valence electrons. The molecule has 2 aromatic rings. The first-order chi connectivity index (χ1) is 12.1. The predicted octanol–water partition coefficient (Wildman–Crippen LogP) is 3.58. The van der Waals surface area contributed by atoms with Crippen molar-refractivity contribution < 1.29 is 9.53 Å². The van der Waals surface area contributed by atoms with E-state index in [1.807, 2.05) is 18.7 Å². The summed E-state index contributed by atoms with van der Waals surface area (Å²) >= 11 is 0. The number of hydrogen-bond donors (Lipinski definition) is 2. The van der Waals surface area contributed by atoms with E-state index in [2.05, 4.69) is 20.5 Å². The van der Waals surface area contributed by atoms with Gasteiger partial charge in [-0.2, -0.15) is 5.10 Å². The number of pyridine rings is 1. The number of anilines is 1. The van der Waals surface area contributed by atoms with Crippen LogP contribution in [0.4, 0.5) is 10.5 Å². The number of ether oxygens (including phenoxy) is 1. The van der Waals surface area contributed by atoms with Crippen molar-refractivity contribution in [3.05, 3.63) is 35.3 Å². The van der Waals surface area contributed by atoms with Crippen molar-refractivity contribution in [1.29, 1.82) is 0 Å². The Bertz CT molecular complexity index is 706. The van der Waals surface area contributed by atoms with Crippen molar-refractivity contribution >= 4 is 11.7 Å². The Morgan fingerprint density at radius 3 is 2.80 bits per heavy atom. The fourth-order valence-electron chi connectivity index (χ4n) is 3.47. The largest absolute Gasteiger partial charge is 0.481 e. The van der Waals surface area contributed by atoms with Gasteiger partial charge in [-0.25, -0.2) is 9.78 Å². The smallest absolute Gasteiger partial charge is 0.322 e. The standard InChI is InChI=1S/C18H25N5O2/c1-12-17(13(2)22-21-12)15-7-5-4-6-10-23(15)18(24)20-14-8-9-16(25-3)19-11-14/h8-9,11,15H,4-7,10H2,1-3H3,(H,20,24)(H,21,22)/t15-/m0/s1. The first-order valence-electron chi connectivity index (χ1n) is 8.69. The second kappa shape index (κ2) is 7.55. The minimum absolute atomic E-state index is 0.0486. The molecule has 7 heteroatoms. The quantitative estimate of drug-likeness (QED) is 0.892. The molecule has 0 spiro atoms. The number of carbonyl (C=O) groups excluding carboxylic acids is 1. The van der Waals surface area contributed by atoms with Crippen LogP contribution in [-0.4, -0.2) is 39.8 Å². The van der Waals surface area contributed by atoms with E-state index < -0.39 is 0 Å². The summed E-state index contributed by atoms with van der Waals surface area (Å²) in [4.78, 5) is 19.0. The number of aryl methyl sites for hydroxylation is 2. The third kappa shape index (κ3) is 3.75. The number of aromatic nitrogens is 3. The molecule has 0 saturated carbocycles. The number of H-pyrrole nitrogens is 1. The zero-order valence-electron chi connectivity index (χ0n) is 15.0. The predicted molar refractivity (Wildman–Crippen MR) is 95.8 cm³/mol. The van der Waals surface area contributed by atoms with Gasteiger partial charge in [0.1, 0.15) is 0 Å². The lowest BCUT2D eigenvalue weighted by molar-refractivity contribution is 0.189. The maximum Gasteiger partial charge on any atom is 0.322 e. The summed E-state index contributed by atoms with van der Waals surface area (Å²) in [6.45, 7) is 4.75. The molecule has 25 heavy (non-hydrogen) atoms. The van der Waals surface area contributed by atoms with Gasteiger partial charge in [0.25, 0.3) is 0 Å². The van der Waals surface area contributed by atoms with Crippen molar-refractivity contribution in [1.82, 2.24) is 20.1 Å². The van der Waals surface area contributed by atoms with Crippen LogP contribution in [0.2, 0.25) is 0 Å². The molecule has 2 amide bonds. The highest BCUT2D eigenvalue weighted by molar-refractivity contribution is 5.89. The third-order valence-corrected chi connectivity index (χ3v) is 4.73. The number of amides is 2. The van der Waals surface area contributed by atoms with E-state index in [1.165, 1.54) is 0 Å². The normalized spacial score (nSPS) is 17.9. The zero-order chi connectivity index (χ0) is 17.8. The lowest BCUT2D eigenvalue weighted by Gasteiger charge is -2.30. The topological polar surface area (TPSA) is 83.1 Å². The van der Waals surface area contributed by atoms with E-state index in [0.717, 1.165) is 49.2 Å². The van der Waals surface area contributed by atoms with Crippen molar-refractivity contribution in [2.75, 3.05) is 19.0 Å². The number of likely N-dealkylation sites (tertiary alicyclic amines) is 1. The Morgan fingerprint density at radius 1 is 1.32 bits per heavy atom. The molecule has 2 N–H and O–H groups in total. The Morgan fingerprint density at radius 2 is 2.16 bits per heavy atom. The molecule has 1 aliphatic rings. The fourth-order valence-corrected chi connectivity index (χ4v) is 3.47. The molecule has 0 aliphatic carbocycles. The highest BCUT2D eigenvalue weighted by Crippen LogP contribution is 2.33. The van der Waals surface area contributed by atoms with Gasteiger partial charge < -0.3 is 15.0 Å². The molecule has 1 aliphatic heterocycles. The minimum Gasteiger partial charge on any atom is -0.481 e. The van der Waals surface area contributed by atoms with Gasteiger partial charge in [-0.3, -0.25) is 5.10 Å². The van der Waals surface area contributed by atoms with E-state index >= 15 is 0 Å². The summed E-state index contributed by atoms with van der Waals surface area (Å²) in [7, 11) is 1.57. The Kier molecular flexibility index (Phi) is 5.21. The van der Waals surface area contributed by atoms with E-state index in [9.17, 15) is 4.79 Å². The number of aromatic amines is 1. The van der Waals surface area contributed by atoms with Crippen LogP contribution in [0, 0.1) is 13.8 Å².